The van der Waals surface area contributed by atoms with Gasteiger partial charge in [0.1, 0.15) is 18.3 Å². The number of Topliss-reactive ketones (excluding diaryl/α,β-unsaturated/α-hetero) is 1. The second-order valence-electron chi connectivity index (χ2n) is 3.78. The highest BCUT2D eigenvalue weighted by Crippen LogP contribution is 2.23. The van der Waals surface area contributed by atoms with Crippen LogP contribution in [0.2, 0.25) is 0 Å². The van der Waals surface area contributed by atoms with E-state index in [0.717, 1.165) is 18.6 Å². The Balaban J connectivity index is 2.24. The predicted molar refractivity (Wildman–Crippen MR) is 57.8 cm³/mol. The molecule has 0 saturated heterocycles. The van der Waals surface area contributed by atoms with Gasteiger partial charge in [0.05, 0.1) is 0 Å². The third-order valence-corrected chi connectivity index (χ3v) is 2.77. The predicted octanol–water partition coefficient (Wildman–Crippen LogP) is 1.43. The number of ether oxygens (including phenoxy) is 1. The van der Waals surface area contributed by atoms with Crippen LogP contribution in [0.4, 0.5) is 0 Å². The van der Waals surface area contributed by atoms with E-state index in [1.165, 1.54) is 11.1 Å². The third-order valence-electron chi connectivity index (χ3n) is 2.77. The number of aryl methyl sites for hydroxylation is 2. The molecule has 0 heterocycles. The Morgan fingerprint density at radius 1 is 1.13 bits per heavy atom. The molecule has 0 aromatic heterocycles. The molecular weight excluding hydrogens is 190 g/mol. The molecule has 0 saturated carbocycles. The molecule has 1 aliphatic carbocycles. The first-order valence-electron chi connectivity index (χ1n) is 5.26. The molecule has 2 rings (SSSR count). The minimum absolute atomic E-state index is 0.192. The second kappa shape index (κ2) is 4.45. The van der Waals surface area contributed by atoms with E-state index in [-0.39, 0.29) is 6.73 Å². The summed E-state index contributed by atoms with van der Waals surface area (Å²) in [5.74, 6) is 1.15. The number of ketones is 1. The van der Waals surface area contributed by atoms with Crippen LogP contribution in [-0.4, -0.2) is 12.5 Å². The molecule has 0 unspecified atom stereocenters. The van der Waals surface area contributed by atoms with E-state index < -0.39 is 0 Å². The van der Waals surface area contributed by atoms with Gasteiger partial charge in [-0.3, -0.25) is 10.5 Å². The van der Waals surface area contributed by atoms with Gasteiger partial charge < -0.3 is 4.74 Å². The number of carbonyl (C=O) groups is 1. The zero-order valence-corrected chi connectivity index (χ0v) is 8.66. The van der Waals surface area contributed by atoms with Crippen molar-refractivity contribution in [2.24, 2.45) is 5.73 Å². The lowest BCUT2D eigenvalue weighted by Gasteiger charge is -2.08. The van der Waals surface area contributed by atoms with Crippen LogP contribution in [-0.2, 0) is 17.6 Å². The molecule has 0 spiro atoms. The van der Waals surface area contributed by atoms with Gasteiger partial charge in [-0.2, -0.15) is 0 Å². The lowest BCUT2D eigenvalue weighted by molar-refractivity contribution is -0.118. The van der Waals surface area contributed by atoms with Crippen molar-refractivity contribution in [3.05, 3.63) is 29.3 Å². The minimum atomic E-state index is 0.192. The van der Waals surface area contributed by atoms with Gasteiger partial charge in [-0.15, -0.1) is 0 Å². The van der Waals surface area contributed by atoms with Crippen molar-refractivity contribution >= 4 is 5.78 Å². The molecule has 1 aromatic carbocycles. The first-order chi connectivity index (χ1) is 7.29. The van der Waals surface area contributed by atoms with E-state index >= 15 is 0 Å². The summed E-state index contributed by atoms with van der Waals surface area (Å²) in [6.45, 7) is 0.192. The molecule has 0 aliphatic heterocycles. The second-order valence-corrected chi connectivity index (χ2v) is 3.78. The van der Waals surface area contributed by atoms with Crippen molar-refractivity contribution in [2.45, 2.75) is 25.7 Å². The summed E-state index contributed by atoms with van der Waals surface area (Å²) in [5.41, 5.74) is 7.81. The van der Waals surface area contributed by atoms with E-state index in [4.69, 9.17) is 10.5 Å². The van der Waals surface area contributed by atoms with E-state index in [1.54, 1.807) is 0 Å². The van der Waals surface area contributed by atoms with Crippen molar-refractivity contribution in [1.82, 2.24) is 0 Å². The quantitative estimate of drug-likeness (QED) is 0.587. The Morgan fingerprint density at radius 3 is 2.60 bits per heavy atom. The van der Waals surface area contributed by atoms with Crippen LogP contribution in [0.1, 0.15) is 24.0 Å². The van der Waals surface area contributed by atoms with Gasteiger partial charge in [-0.25, -0.2) is 0 Å². The molecule has 0 amide bonds. The number of hydrogen-bond acceptors (Lipinski definition) is 3. The third kappa shape index (κ3) is 2.36. The smallest absolute Gasteiger partial charge is 0.137 e. The first kappa shape index (κ1) is 10.2. The maximum absolute atomic E-state index is 11.3. The maximum Gasteiger partial charge on any atom is 0.137 e. The zero-order chi connectivity index (χ0) is 10.7. The van der Waals surface area contributed by atoms with Crippen LogP contribution in [0.5, 0.6) is 5.75 Å². The molecule has 15 heavy (non-hydrogen) atoms. The Morgan fingerprint density at radius 2 is 1.87 bits per heavy atom. The fourth-order valence-corrected chi connectivity index (χ4v) is 1.94. The van der Waals surface area contributed by atoms with Crippen molar-refractivity contribution in [1.29, 1.82) is 0 Å². The highest BCUT2D eigenvalue weighted by Gasteiger charge is 2.13. The zero-order valence-electron chi connectivity index (χ0n) is 8.66. The Hall–Kier alpha value is -1.35. The lowest BCUT2D eigenvalue weighted by atomic mass is 10.0. The number of hydrogen-bond donors (Lipinski definition) is 1. The van der Waals surface area contributed by atoms with Gasteiger partial charge in [0.2, 0.25) is 0 Å². The van der Waals surface area contributed by atoms with E-state index in [1.807, 2.05) is 18.2 Å². The van der Waals surface area contributed by atoms with Gasteiger partial charge in [0.25, 0.3) is 0 Å². The summed E-state index contributed by atoms with van der Waals surface area (Å²) in [4.78, 5) is 11.3. The largest absolute Gasteiger partial charge is 0.479 e. The molecule has 1 aromatic rings. The van der Waals surface area contributed by atoms with Crippen LogP contribution in [0, 0.1) is 0 Å². The molecule has 0 radical (unpaired) electrons. The lowest BCUT2D eigenvalue weighted by Crippen LogP contribution is -2.07. The highest BCUT2D eigenvalue weighted by molar-refractivity contribution is 5.79. The molecule has 3 nitrogen and oxygen atoms in total. The van der Waals surface area contributed by atoms with Crippen LogP contribution < -0.4 is 10.5 Å². The van der Waals surface area contributed by atoms with E-state index in [2.05, 4.69) is 0 Å². The fraction of sp³-hybridized carbons (Fsp3) is 0.417. The summed E-state index contributed by atoms with van der Waals surface area (Å²) in [6, 6.07) is 5.96. The molecule has 0 fully saturated rings. The highest BCUT2D eigenvalue weighted by atomic mass is 16.5. The SMILES string of the molecule is NCOc1ccc2c(c1)CCC(=O)CC2. The molecule has 0 atom stereocenters. The van der Waals surface area contributed by atoms with Crippen LogP contribution in [0.25, 0.3) is 0 Å². The van der Waals surface area contributed by atoms with Crippen molar-refractivity contribution in [3.63, 3.8) is 0 Å². The summed E-state index contributed by atoms with van der Waals surface area (Å²) >= 11 is 0. The maximum atomic E-state index is 11.3. The van der Waals surface area contributed by atoms with Gasteiger partial charge in [-0.1, -0.05) is 6.07 Å². The average Bonchev–Trinajstić information content (AvgIpc) is 2.42. The van der Waals surface area contributed by atoms with E-state index in [9.17, 15) is 4.79 Å². The number of rotatable bonds is 2. The number of fused-ring (bicyclic) bond motifs is 1. The summed E-state index contributed by atoms with van der Waals surface area (Å²) < 4.78 is 5.23. The topological polar surface area (TPSA) is 52.3 Å². The van der Waals surface area contributed by atoms with Gasteiger partial charge in [-0.05, 0) is 36.1 Å². The number of carbonyl (C=O) groups excluding carboxylic acids is 1. The minimum Gasteiger partial charge on any atom is -0.479 e. The molecule has 1 aliphatic rings. The normalized spacial score (nSPS) is 15.7. The first-order valence-corrected chi connectivity index (χ1v) is 5.26. The molecule has 80 valence electrons. The standard InChI is InChI=1S/C12H15NO2/c13-8-15-12-6-3-9-1-4-11(14)5-2-10(9)7-12/h3,6-7H,1-2,4-5,8,13H2. The van der Waals surface area contributed by atoms with Gasteiger partial charge >= 0.3 is 0 Å². The Labute approximate surface area is 89.2 Å². The Kier molecular flexibility index (Phi) is 3.02. The summed E-state index contributed by atoms with van der Waals surface area (Å²) in [6.07, 6.45) is 3.01. The van der Waals surface area contributed by atoms with Gasteiger partial charge in [0, 0.05) is 12.8 Å². The summed E-state index contributed by atoms with van der Waals surface area (Å²) in [7, 11) is 0. The van der Waals surface area contributed by atoms with E-state index in [0.29, 0.717) is 18.6 Å². The molecular formula is C12H15NO2. The fourth-order valence-electron chi connectivity index (χ4n) is 1.94. The van der Waals surface area contributed by atoms with Crippen molar-refractivity contribution in [2.75, 3.05) is 6.73 Å². The molecule has 3 heteroatoms. The van der Waals surface area contributed by atoms with Crippen molar-refractivity contribution < 1.29 is 9.53 Å². The van der Waals surface area contributed by atoms with Crippen LogP contribution in [0.15, 0.2) is 18.2 Å². The summed E-state index contributed by atoms with van der Waals surface area (Å²) in [5, 5.41) is 0. The number of nitrogens with two attached hydrogens (primary N) is 1. The van der Waals surface area contributed by atoms with Crippen LogP contribution in [0.3, 0.4) is 0 Å². The van der Waals surface area contributed by atoms with Gasteiger partial charge in [0.15, 0.2) is 0 Å². The Bertz CT molecular complexity index is 374. The average molecular weight is 205 g/mol. The van der Waals surface area contributed by atoms with Crippen molar-refractivity contribution in [3.8, 4) is 5.75 Å². The van der Waals surface area contributed by atoms with Crippen LogP contribution >= 0.6 is 0 Å². The molecule has 0 bridgehead atoms. The molecule has 2 N–H and O–H groups in total. The number of benzene rings is 1. The monoisotopic (exact) mass is 205 g/mol.